The van der Waals surface area contributed by atoms with Crippen LogP contribution in [-0.2, 0) is 19.6 Å². The second-order valence-electron chi connectivity index (χ2n) is 5.49. The lowest BCUT2D eigenvalue weighted by atomic mass is 10.2. The molecule has 0 saturated heterocycles. The number of ether oxygens (including phenoxy) is 1. The first-order valence-electron chi connectivity index (χ1n) is 7.83. The van der Waals surface area contributed by atoms with E-state index < -0.39 is 21.9 Å². The number of para-hydroxylation sites is 1. The zero-order chi connectivity index (χ0) is 19.2. The average molecular weight is 376 g/mol. The predicted octanol–water partition coefficient (Wildman–Crippen LogP) is 2.27. The molecule has 7 nitrogen and oxygen atoms in total. The molecule has 138 valence electrons. The van der Waals surface area contributed by atoms with E-state index in [4.69, 9.17) is 0 Å². The Balaban J connectivity index is 1.92. The van der Waals surface area contributed by atoms with Crippen LogP contribution in [0.3, 0.4) is 0 Å². The van der Waals surface area contributed by atoms with Crippen molar-refractivity contribution in [2.24, 2.45) is 0 Å². The van der Waals surface area contributed by atoms with Gasteiger partial charge in [-0.05, 0) is 36.4 Å². The van der Waals surface area contributed by atoms with E-state index in [1.165, 1.54) is 26.3 Å². The maximum Gasteiger partial charge on any atom is 0.337 e. The van der Waals surface area contributed by atoms with E-state index in [2.05, 4.69) is 10.1 Å². The Morgan fingerprint density at radius 1 is 1.04 bits per heavy atom. The highest BCUT2D eigenvalue weighted by Crippen LogP contribution is 2.16. The van der Waals surface area contributed by atoms with Crippen LogP contribution in [0.1, 0.15) is 16.8 Å². The number of nitrogens with zero attached hydrogens (tertiary/aromatic N) is 1. The van der Waals surface area contributed by atoms with Crippen LogP contribution in [-0.4, -0.2) is 40.2 Å². The number of benzene rings is 2. The molecule has 26 heavy (non-hydrogen) atoms. The molecule has 0 fully saturated rings. The van der Waals surface area contributed by atoms with Gasteiger partial charge in [-0.2, -0.15) is 0 Å². The van der Waals surface area contributed by atoms with E-state index in [0.29, 0.717) is 16.9 Å². The lowest BCUT2D eigenvalue weighted by Gasteiger charge is -2.19. The first kappa shape index (κ1) is 19.5. The fourth-order valence-electron chi connectivity index (χ4n) is 2.19. The number of hydrogen-bond donors (Lipinski definition) is 1. The van der Waals surface area contributed by atoms with Crippen molar-refractivity contribution in [3.8, 4) is 0 Å². The summed E-state index contributed by atoms with van der Waals surface area (Å²) in [6.45, 7) is 0. The van der Waals surface area contributed by atoms with Gasteiger partial charge in [-0.3, -0.25) is 9.10 Å². The van der Waals surface area contributed by atoms with E-state index in [0.717, 1.165) is 4.31 Å². The number of hydrogen-bond acceptors (Lipinski definition) is 5. The number of rotatable bonds is 7. The van der Waals surface area contributed by atoms with Gasteiger partial charge < -0.3 is 10.1 Å². The van der Waals surface area contributed by atoms with Crippen molar-refractivity contribution < 1.29 is 22.7 Å². The van der Waals surface area contributed by atoms with Gasteiger partial charge in [0.15, 0.2) is 0 Å². The Bertz CT molecular complexity index is 864. The molecule has 0 unspecified atom stereocenters. The normalized spacial score (nSPS) is 10.8. The van der Waals surface area contributed by atoms with Gasteiger partial charge in [-0.1, -0.05) is 18.2 Å². The van der Waals surface area contributed by atoms with Gasteiger partial charge >= 0.3 is 5.97 Å². The molecule has 8 heteroatoms. The van der Waals surface area contributed by atoms with Gasteiger partial charge in [0.05, 0.1) is 24.1 Å². The molecule has 1 amide bonds. The molecule has 0 aliphatic heterocycles. The quantitative estimate of drug-likeness (QED) is 0.748. The van der Waals surface area contributed by atoms with Crippen LogP contribution in [0.15, 0.2) is 54.6 Å². The monoisotopic (exact) mass is 376 g/mol. The molecule has 0 aliphatic carbocycles. The summed E-state index contributed by atoms with van der Waals surface area (Å²) < 4.78 is 30.4. The number of carbonyl (C=O) groups is 2. The van der Waals surface area contributed by atoms with Crippen LogP contribution in [0, 0.1) is 0 Å². The summed E-state index contributed by atoms with van der Waals surface area (Å²) >= 11 is 0. The van der Waals surface area contributed by atoms with Crippen molar-refractivity contribution in [3.63, 3.8) is 0 Å². The minimum atomic E-state index is -3.61. The molecule has 2 rings (SSSR count). The van der Waals surface area contributed by atoms with Crippen LogP contribution >= 0.6 is 0 Å². The van der Waals surface area contributed by atoms with Crippen molar-refractivity contribution in [1.29, 1.82) is 0 Å². The summed E-state index contributed by atoms with van der Waals surface area (Å²) in [5.74, 6) is -1.22. The Morgan fingerprint density at radius 2 is 1.65 bits per heavy atom. The lowest BCUT2D eigenvalue weighted by molar-refractivity contribution is -0.115. The summed E-state index contributed by atoms with van der Waals surface area (Å²) in [4.78, 5) is 23.4. The fourth-order valence-corrected chi connectivity index (χ4v) is 3.35. The van der Waals surface area contributed by atoms with Gasteiger partial charge in [0, 0.05) is 19.2 Å². The summed E-state index contributed by atoms with van der Waals surface area (Å²) in [6, 6.07) is 14.8. The SMILES string of the molecule is COC(=O)c1ccc(NC(=O)CCS(=O)(=O)N(C)c2ccccc2)cc1. The zero-order valence-corrected chi connectivity index (χ0v) is 15.3. The molecule has 1 N–H and O–H groups in total. The van der Waals surface area contributed by atoms with E-state index in [-0.39, 0.29) is 12.2 Å². The predicted molar refractivity (Wildman–Crippen MR) is 99.7 cm³/mol. The first-order valence-corrected chi connectivity index (χ1v) is 9.44. The Kier molecular flexibility index (Phi) is 6.35. The number of amides is 1. The molecule has 0 saturated carbocycles. The van der Waals surface area contributed by atoms with Crippen LogP contribution in [0.5, 0.6) is 0 Å². The molecule has 0 aliphatic rings. The third-order valence-electron chi connectivity index (χ3n) is 3.71. The highest BCUT2D eigenvalue weighted by molar-refractivity contribution is 7.92. The van der Waals surface area contributed by atoms with Crippen LogP contribution in [0.4, 0.5) is 11.4 Å². The smallest absolute Gasteiger partial charge is 0.337 e. The standard InChI is InChI=1S/C18H20N2O5S/c1-20(16-6-4-3-5-7-16)26(23,24)13-12-17(21)19-15-10-8-14(9-11-15)18(22)25-2/h3-11H,12-13H2,1-2H3,(H,19,21). The largest absolute Gasteiger partial charge is 0.465 e. The maximum atomic E-state index is 12.3. The van der Waals surface area contributed by atoms with Crippen molar-refractivity contribution in [1.82, 2.24) is 0 Å². The average Bonchev–Trinajstić information content (AvgIpc) is 2.66. The van der Waals surface area contributed by atoms with Gasteiger partial charge in [0.2, 0.25) is 15.9 Å². The molecule has 0 radical (unpaired) electrons. The molecule has 0 heterocycles. The summed E-state index contributed by atoms with van der Waals surface area (Å²) in [5.41, 5.74) is 1.36. The second kappa shape index (κ2) is 8.48. The Morgan fingerprint density at radius 3 is 2.23 bits per heavy atom. The number of esters is 1. The maximum absolute atomic E-state index is 12.3. The summed E-state index contributed by atoms with van der Waals surface area (Å²) in [6.07, 6.45) is -0.182. The van der Waals surface area contributed by atoms with Crippen LogP contribution in [0.25, 0.3) is 0 Å². The Labute approximate surface area is 152 Å². The van der Waals surface area contributed by atoms with Crippen LogP contribution < -0.4 is 9.62 Å². The van der Waals surface area contributed by atoms with E-state index in [1.54, 1.807) is 42.5 Å². The lowest BCUT2D eigenvalue weighted by Crippen LogP contribution is -2.30. The molecule has 0 bridgehead atoms. The minimum absolute atomic E-state index is 0.182. The van der Waals surface area contributed by atoms with Gasteiger partial charge in [-0.15, -0.1) is 0 Å². The third-order valence-corrected chi connectivity index (χ3v) is 5.48. The van der Waals surface area contributed by atoms with E-state index >= 15 is 0 Å². The second-order valence-corrected chi connectivity index (χ2v) is 7.61. The number of methoxy groups -OCH3 is 1. The van der Waals surface area contributed by atoms with Crippen molar-refractivity contribution in [2.45, 2.75) is 6.42 Å². The number of carbonyl (C=O) groups excluding carboxylic acids is 2. The first-order chi connectivity index (χ1) is 12.3. The molecule has 2 aromatic carbocycles. The zero-order valence-electron chi connectivity index (χ0n) is 14.5. The fraction of sp³-hybridized carbons (Fsp3) is 0.222. The van der Waals surface area contributed by atoms with E-state index in [1.807, 2.05) is 0 Å². The molecule has 0 aromatic heterocycles. The van der Waals surface area contributed by atoms with Gasteiger partial charge in [-0.25, -0.2) is 13.2 Å². The van der Waals surface area contributed by atoms with Crippen molar-refractivity contribution in [3.05, 3.63) is 60.2 Å². The van der Waals surface area contributed by atoms with Crippen molar-refractivity contribution in [2.75, 3.05) is 29.5 Å². The molecular formula is C18H20N2O5S. The number of sulfonamides is 1. The molecule has 0 spiro atoms. The summed E-state index contributed by atoms with van der Waals surface area (Å²) in [7, 11) is -0.876. The van der Waals surface area contributed by atoms with Crippen LogP contribution in [0.2, 0.25) is 0 Å². The summed E-state index contributed by atoms with van der Waals surface area (Å²) in [5, 5.41) is 2.60. The Hall–Kier alpha value is -2.87. The number of nitrogens with one attached hydrogen (secondary N) is 1. The van der Waals surface area contributed by atoms with Gasteiger partial charge in [0.25, 0.3) is 0 Å². The number of anilines is 2. The van der Waals surface area contributed by atoms with E-state index in [9.17, 15) is 18.0 Å². The molecular weight excluding hydrogens is 356 g/mol. The molecule has 0 atom stereocenters. The van der Waals surface area contributed by atoms with Crippen molar-refractivity contribution >= 4 is 33.3 Å². The third kappa shape index (κ3) is 5.06. The highest BCUT2D eigenvalue weighted by atomic mass is 32.2. The van der Waals surface area contributed by atoms with Gasteiger partial charge in [0.1, 0.15) is 0 Å². The minimum Gasteiger partial charge on any atom is -0.465 e. The topological polar surface area (TPSA) is 92.8 Å². The highest BCUT2D eigenvalue weighted by Gasteiger charge is 2.19. The molecule has 2 aromatic rings.